The number of nitrogens with two attached hydrogens (primary N) is 1. The second-order valence-electron chi connectivity index (χ2n) is 8.24. The number of aliphatic hydroxyl groups is 2. The van der Waals surface area contributed by atoms with Gasteiger partial charge in [-0.1, -0.05) is 0 Å². The largest absolute Gasteiger partial charge is 0.489 e. The molecule has 0 radical (unpaired) electrons. The lowest BCUT2D eigenvalue weighted by molar-refractivity contribution is 0.203. The summed E-state index contributed by atoms with van der Waals surface area (Å²) in [5, 5.41) is 30.3. The number of anilines is 2. The molecule has 11 nitrogen and oxygen atoms in total. The Bertz CT molecular complexity index is 1400. The summed E-state index contributed by atoms with van der Waals surface area (Å²) < 4.78 is 25.7. The van der Waals surface area contributed by atoms with Gasteiger partial charge in [0.1, 0.15) is 53.5 Å². The second kappa shape index (κ2) is 12.0. The van der Waals surface area contributed by atoms with E-state index in [0.717, 1.165) is 5.56 Å². The summed E-state index contributed by atoms with van der Waals surface area (Å²) in [6.07, 6.45) is 4.51. The first-order chi connectivity index (χ1) is 18.4. The Hall–Kier alpha value is -4.68. The molecule has 38 heavy (non-hydrogen) atoms. The van der Waals surface area contributed by atoms with Gasteiger partial charge in [-0.2, -0.15) is 0 Å². The van der Waals surface area contributed by atoms with Crippen molar-refractivity contribution >= 4 is 17.3 Å². The van der Waals surface area contributed by atoms with Gasteiger partial charge in [-0.05, 0) is 31.2 Å². The number of aryl methyl sites for hydroxylation is 1. The molecule has 0 spiro atoms. The number of nitrogens with zero attached hydrogens (tertiary/aromatic N) is 4. The number of nitrogens with one attached hydrogen (secondary N) is 2. The number of nitrogen functional groups attached to an aromatic ring is 1. The topological polar surface area (TPSA) is 172 Å². The SMILES string of the molecule is Cc1ncc(COc2cc(F)cc(Oc3ccc(C(=N)c4c(N)ncnc4NC(CO)CO)cc3)c2)cn1. The molecule has 4 aromatic rings. The zero-order valence-corrected chi connectivity index (χ0v) is 20.4. The van der Waals surface area contributed by atoms with E-state index in [9.17, 15) is 14.6 Å². The molecule has 0 aliphatic carbocycles. The van der Waals surface area contributed by atoms with Crippen LogP contribution < -0.4 is 20.5 Å². The van der Waals surface area contributed by atoms with Crippen molar-refractivity contribution in [3.63, 3.8) is 0 Å². The molecule has 12 heteroatoms. The minimum atomic E-state index is -0.683. The fraction of sp³-hybridized carbons (Fsp3) is 0.192. The van der Waals surface area contributed by atoms with E-state index in [-0.39, 0.29) is 54.2 Å². The summed E-state index contributed by atoms with van der Waals surface area (Å²) in [6, 6.07) is 9.88. The first-order valence-electron chi connectivity index (χ1n) is 11.5. The number of hydrogen-bond donors (Lipinski definition) is 5. The predicted molar refractivity (Wildman–Crippen MR) is 138 cm³/mol. The lowest BCUT2D eigenvalue weighted by Gasteiger charge is -2.18. The van der Waals surface area contributed by atoms with Crippen LogP contribution >= 0.6 is 0 Å². The van der Waals surface area contributed by atoms with Crippen LogP contribution in [-0.2, 0) is 6.61 Å². The molecule has 0 aliphatic heterocycles. The van der Waals surface area contributed by atoms with Gasteiger partial charge in [-0.3, -0.25) is 5.41 Å². The molecule has 0 bridgehead atoms. The molecule has 6 N–H and O–H groups in total. The fourth-order valence-corrected chi connectivity index (χ4v) is 3.41. The van der Waals surface area contributed by atoms with E-state index in [1.165, 1.54) is 18.5 Å². The molecule has 0 saturated carbocycles. The van der Waals surface area contributed by atoms with Gasteiger partial charge in [0.2, 0.25) is 0 Å². The number of halogens is 1. The molecule has 0 unspecified atom stereocenters. The van der Waals surface area contributed by atoms with Crippen molar-refractivity contribution in [3.8, 4) is 17.2 Å². The van der Waals surface area contributed by atoms with E-state index in [1.807, 2.05) is 0 Å². The molecule has 0 atom stereocenters. The molecule has 0 amide bonds. The summed E-state index contributed by atoms with van der Waals surface area (Å²) in [5.41, 5.74) is 7.48. The monoisotopic (exact) mass is 519 g/mol. The van der Waals surface area contributed by atoms with E-state index < -0.39 is 11.9 Å². The summed E-state index contributed by atoms with van der Waals surface area (Å²) in [6.45, 7) is 1.27. The van der Waals surface area contributed by atoms with Crippen molar-refractivity contribution in [2.75, 3.05) is 24.3 Å². The fourth-order valence-electron chi connectivity index (χ4n) is 3.41. The molecule has 0 fully saturated rings. The summed E-state index contributed by atoms with van der Waals surface area (Å²) >= 11 is 0. The average Bonchev–Trinajstić information content (AvgIpc) is 2.91. The van der Waals surface area contributed by atoms with E-state index in [1.54, 1.807) is 49.6 Å². The van der Waals surface area contributed by atoms with Crippen LogP contribution in [0.25, 0.3) is 0 Å². The number of hydrogen-bond acceptors (Lipinski definition) is 11. The van der Waals surface area contributed by atoms with Crippen LogP contribution in [0.1, 0.15) is 22.5 Å². The predicted octanol–water partition coefficient (Wildman–Crippen LogP) is 2.85. The first-order valence-corrected chi connectivity index (χ1v) is 11.5. The number of rotatable bonds is 11. The second-order valence-corrected chi connectivity index (χ2v) is 8.24. The molecular weight excluding hydrogens is 493 g/mol. The van der Waals surface area contributed by atoms with Gasteiger partial charge < -0.3 is 30.7 Å². The Balaban J connectivity index is 1.47. The molecule has 0 aliphatic rings. The van der Waals surface area contributed by atoms with Gasteiger partial charge in [0, 0.05) is 41.7 Å². The third-order valence-electron chi connectivity index (χ3n) is 5.37. The molecule has 2 aromatic carbocycles. The molecule has 2 heterocycles. The smallest absolute Gasteiger partial charge is 0.141 e. The number of ether oxygens (including phenoxy) is 2. The van der Waals surface area contributed by atoms with Crippen molar-refractivity contribution in [1.82, 2.24) is 19.9 Å². The van der Waals surface area contributed by atoms with Crippen molar-refractivity contribution in [3.05, 3.63) is 89.5 Å². The van der Waals surface area contributed by atoms with Gasteiger partial charge >= 0.3 is 0 Å². The van der Waals surface area contributed by atoms with Crippen LogP contribution in [0.4, 0.5) is 16.0 Å². The maximum Gasteiger partial charge on any atom is 0.141 e. The number of aromatic nitrogens is 4. The van der Waals surface area contributed by atoms with Gasteiger partial charge in [0.25, 0.3) is 0 Å². The van der Waals surface area contributed by atoms with E-state index in [4.69, 9.17) is 20.6 Å². The molecule has 4 rings (SSSR count). The Morgan fingerprint density at radius 3 is 2.37 bits per heavy atom. The third kappa shape index (κ3) is 6.55. The molecular formula is C26H26FN7O4. The zero-order chi connectivity index (χ0) is 27.1. The van der Waals surface area contributed by atoms with Crippen molar-refractivity contribution in [2.24, 2.45) is 0 Å². The van der Waals surface area contributed by atoms with Gasteiger partial charge in [-0.15, -0.1) is 0 Å². The Morgan fingerprint density at radius 1 is 1.00 bits per heavy atom. The lowest BCUT2D eigenvalue weighted by atomic mass is 10.0. The van der Waals surface area contributed by atoms with Gasteiger partial charge in [0.05, 0.1) is 30.5 Å². The standard InChI is InChI=1S/C26H26FN7O4/c1-15-30-9-16(10-31-15)13-37-21-6-18(27)7-22(8-21)38-20-4-2-17(3-5-20)24(28)23-25(29)32-14-33-26(23)34-19(11-35)12-36/h2-10,14,19,28,35-36H,11-13H2,1H3,(H3,29,32,33,34). The first kappa shape index (κ1) is 26.4. The van der Waals surface area contributed by atoms with E-state index in [2.05, 4.69) is 25.3 Å². The van der Waals surface area contributed by atoms with Crippen LogP contribution in [0.2, 0.25) is 0 Å². The number of aliphatic hydroxyl groups excluding tert-OH is 2. The highest BCUT2D eigenvalue weighted by Gasteiger charge is 2.18. The minimum absolute atomic E-state index is 0.0216. The summed E-state index contributed by atoms with van der Waals surface area (Å²) in [4.78, 5) is 16.3. The molecule has 0 saturated heterocycles. The highest BCUT2D eigenvalue weighted by molar-refractivity contribution is 6.16. The number of benzene rings is 2. The van der Waals surface area contributed by atoms with E-state index in [0.29, 0.717) is 17.1 Å². The highest BCUT2D eigenvalue weighted by Crippen LogP contribution is 2.29. The van der Waals surface area contributed by atoms with Gasteiger partial charge in [0.15, 0.2) is 0 Å². The zero-order valence-electron chi connectivity index (χ0n) is 20.4. The normalized spacial score (nSPS) is 10.9. The highest BCUT2D eigenvalue weighted by atomic mass is 19.1. The maximum atomic E-state index is 14.2. The quantitative estimate of drug-likeness (QED) is 0.185. The van der Waals surface area contributed by atoms with Crippen LogP contribution in [0.3, 0.4) is 0 Å². The summed E-state index contributed by atoms with van der Waals surface area (Å²) in [5.74, 6) is 1.30. The average molecular weight is 520 g/mol. The Kier molecular flexibility index (Phi) is 8.36. The minimum Gasteiger partial charge on any atom is -0.489 e. The van der Waals surface area contributed by atoms with Crippen LogP contribution in [-0.4, -0.2) is 55.1 Å². The van der Waals surface area contributed by atoms with Crippen molar-refractivity contribution < 1.29 is 24.1 Å². The van der Waals surface area contributed by atoms with Gasteiger partial charge in [-0.25, -0.2) is 24.3 Å². The Labute approximate surface area is 217 Å². The molecule has 196 valence electrons. The third-order valence-corrected chi connectivity index (χ3v) is 5.37. The van der Waals surface area contributed by atoms with Crippen LogP contribution in [0.15, 0.2) is 61.2 Å². The molecule has 2 aromatic heterocycles. The maximum absolute atomic E-state index is 14.2. The van der Waals surface area contributed by atoms with Crippen molar-refractivity contribution in [1.29, 1.82) is 5.41 Å². The van der Waals surface area contributed by atoms with Crippen LogP contribution in [0.5, 0.6) is 17.2 Å². The van der Waals surface area contributed by atoms with Crippen molar-refractivity contribution in [2.45, 2.75) is 19.6 Å². The lowest BCUT2D eigenvalue weighted by Crippen LogP contribution is -2.29. The Morgan fingerprint density at radius 2 is 1.68 bits per heavy atom. The van der Waals surface area contributed by atoms with Crippen LogP contribution in [0, 0.1) is 18.2 Å². The summed E-state index contributed by atoms with van der Waals surface area (Å²) in [7, 11) is 0. The van der Waals surface area contributed by atoms with E-state index >= 15 is 0 Å².